The molecule has 0 bridgehead atoms. The molecule has 0 saturated carbocycles. The van der Waals surface area contributed by atoms with Gasteiger partial charge < -0.3 is 5.32 Å². The molecule has 0 aliphatic carbocycles. The molecule has 0 spiro atoms. The number of nitrogens with one attached hydrogen (secondary N) is 1. The Kier molecular flexibility index (Phi) is 4.38. The van der Waals surface area contributed by atoms with Crippen molar-refractivity contribution >= 4 is 11.3 Å². The van der Waals surface area contributed by atoms with Gasteiger partial charge in [-0.05, 0) is 18.2 Å². The molecule has 0 radical (unpaired) electrons. The van der Waals surface area contributed by atoms with E-state index in [4.69, 9.17) is 0 Å². The van der Waals surface area contributed by atoms with Gasteiger partial charge in [0.1, 0.15) is 11.6 Å². The zero-order chi connectivity index (χ0) is 13.0. The minimum absolute atomic E-state index is 0.265. The van der Waals surface area contributed by atoms with Crippen LogP contribution in [0.15, 0.2) is 29.8 Å². The van der Waals surface area contributed by atoms with Gasteiger partial charge in [0.05, 0.1) is 5.01 Å². The van der Waals surface area contributed by atoms with E-state index in [1.54, 1.807) is 17.5 Å². The van der Waals surface area contributed by atoms with Gasteiger partial charge in [0.15, 0.2) is 0 Å². The molecule has 0 aliphatic heterocycles. The van der Waals surface area contributed by atoms with Crippen molar-refractivity contribution in [2.24, 2.45) is 0 Å². The number of hydrogen-bond donors (Lipinski definition) is 1. The van der Waals surface area contributed by atoms with Crippen molar-refractivity contribution in [3.8, 4) is 0 Å². The third kappa shape index (κ3) is 3.34. The molecule has 1 unspecified atom stereocenters. The zero-order valence-corrected chi connectivity index (χ0v) is 10.8. The molecule has 1 N–H and O–H groups in total. The lowest BCUT2D eigenvalue weighted by molar-refractivity contribution is 0.556. The van der Waals surface area contributed by atoms with Gasteiger partial charge in [0, 0.05) is 36.1 Å². The molecule has 18 heavy (non-hydrogen) atoms. The second-order valence-corrected chi connectivity index (χ2v) is 5.06. The Morgan fingerprint density at radius 2 is 2.22 bits per heavy atom. The SMILES string of the molecule is CC(CNCc1cc(F)ccc1F)c1nccs1. The van der Waals surface area contributed by atoms with Crippen LogP contribution in [0, 0.1) is 11.6 Å². The summed E-state index contributed by atoms with van der Waals surface area (Å²) in [5, 5.41) is 6.09. The lowest BCUT2D eigenvalue weighted by Gasteiger charge is -2.10. The molecule has 1 atom stereocenters. The molecule has 1 aromatic carbocycles. The first-order chi connectivity index (χ1) is 8.66. The van der Waals surface area contributed by atoms with Crippen LogP contribution in [0.3, 0.4) is 0 Å². The highest BCUT2D eigenvalue weighted by Gasteiger charge is 2.08. The van der Waals surface area contributed by atoms with E-state index in [0.717, 1.165) is 17.1 Å². The average molecular weight is 268 g/mol. The molecule has 2 rings (SSSR count). The topological polar surface area (TPSA) is 24.9 Å². The van der Waals surface area contributed by atoms with Gasteiger partial charge in [-0.25, -0.2) is 13.8 Å². The van der Waals surface area contributed by atoms with Crippen LogP contribution in [0.1, 0.15) is 23.4 Å². The third-order valence-corrected chi connectivity index (χ3v) is 3.65. The molecule has 0 aliphatic rings. The Bertz CT molecular complexity index is 500. The van der Waals surface area contributed by atoms with Gasteiger partial charge in [0.25, 0.3) is 0 Å². The number of nitrogens with zero attached hydrogens (tertiary/aromatic N) is 1. The van der Waals surface area contributed by atoms with E-state index >= 15 is 0 Å². The number of aromatic nitrogens is 1. The molecule has 1 aromatic heterocycles. The standard InChI is InChI=1S/C13H14F2N2S/c1-9(13-17-4-5-18-13)7-16-8-10-6-11(14)2-3-12(10)15/h2-6,9,16H,7-8H2,1H3. The highest BCUT2D eigenvalue weighted by molar-refractivity contribution is 7.09. The third-order valence-electron chi connectivity index (χ3n) is 2.65. The fourth-order valence-corrected chi connectivity index (χ4v) is 2.37. The van der Waals surface area contributed by atoms with Crippen LogP contribution in [0.5, 0.6) is 0 Å². The summed E-state index contributed by atoms with van der Waals surface area (Å²) in [6.45, 7) is 3.05. The second-order valence-electron chi connectivity index (χ2n) is 4.14. The molecule has 0 fully saturated rings. The summed E-state index contributed by atoms with van der Waals surface area (Å²) in [6, 6.07) is 3.49. The van der Waals surface area contributed by atoms with Gasteiger partial charge >= 0.3 is 0 Å². The van der Waals surface area contributed by atoms with Crippen molar-refractivity contribution in [2.45, 2.75) is 19.4 Å². The van der Waals surface area contributed by atoms with Gasteiger partial charge in [-0.2, -0.15) is 0 Å². The number of halogens is 2. The maximum Gasteiger partial charge on any atom is 0.127 e. The van der Waals surface area contributed by atoms with Crippen LogP contribution in [-0.4, -0.2) is 11.5 Å². The molecule has 5 heteroatoms. The van der Waals surface area contributed by atoms with Crippen molar-refractivity contribution in [3.63, 3.8) is 0 Å². The highest BCUT2D eigenvalue weighted by Crippen LogP contribution is 2.16. The monoisotopic (exact) mass is 268 g/mol. The Morgan fingerprint density at radius 1 is 1.39 bits per heavy atom. The lowest BCUT2D eigenvalue weighted by Crippen LogP contribution is -2.20. The summed E-state index contributed by atoms with van der Waals surface area (Å²) in [7, 11) is 0. The molecule has 1 heterocycles. The minimum atomic E-state index is -0.416. The Hall–Kier alpha value is -1.33. The normalized spacial score (nSPS) is 12.6. The maximum atomic E-state index is 13.4. The minimum Gasteiger partial charge on any atom is -0.312 e. The van der Waals surface area contributed by atoms with Gasteiger partial charge in [0.2, 0.25) is 0 Å². The van der Waals surface area contributed by atoms with Crippen LogP contribution in [0.4, 0.5) is 8.78 Å². The van der Waals surface area contributed by atoms with E-state index in [1.165, 1.54) is 6.07 Å². The van der Waals surface area contributed by atoms with Gasteiger partial charge in [-0.15, -0.1) is 11.3 Å². The van der Waals surface area contributed by atoms with E-state index in [0.29, 0.717) is 18.7 Å². The first-order valence-corrected chi connectivity index (χ1v) is 6.59. The molecule has 0 amide bonds. The molecule has 96 valence electrons. The Balaban J connectivity index is 1.87. The van der Waals surface area contributed by atoms with Crippen LogP contribution >= 0.6 is 11.3 Å². The largest absolute Gasteiger partial charge is 0.312 e. The molecular formula is C13H14F2N2S. The van der Waals surface area contributed by atoms with E-state index in [9.17, 15) is 8.78 Å². The predicted molar refractivity (Wildman–Crippen MR) is 68.6 cm³/mol. The van der Waals surface area contributed by atoms with Crippen molar-refractivity contribution in [1.29, 1.82) is 0 Å². The first kappa shape index (κ1) is 13.1. The lowest BCUT2D eigenvalue weighted by atomic mass is 10.1. The van der Waals surface area contributed by atoms with Crippen molar-refractivity contribution < 1.29 is 8.78 Å². The Morgan fingerprint density at radius 3 is 2.94 bits per heavy atom. The Labute approximate surface area is 109 Å². The van der Waals surface area contributed by atoms with Crippen LogP contribution in [0.2, 0.25) is 0 Å². The van der Waals surface area contributed by atoms with E-state index in [2.05, 4.69) is 10.3 Å². The highest BCUT2D eigenvalue weighted by atomic mass is 32.1. The molecule has 2 nitrogen and oxygen atoms in total. The second kappa shape index (κ2) is 6.02. The number of hydrogen-bond acceptors (Lipinski definition) is 3. The maximum absolute atomic E-state index is 13.4. The van der Waals surface area contributed by atoms with Crippen molar-refractivity contribution in [3.05, 3.63) is 52.0 Å². The van der Waals surface area contributed by atoms with Crippen LogP contribution < -0.4 is 5.32 Å². The van der Waals surface area contributed by atoms with E-state index in [1.807, 2.05) is 12.3 Å². The first-order valence-electron chi connectivity index (χ1n) is 5.71. The summed E-state index contributed by atoms with van der Waals surface area (Å²) in [5.41, 5.74) is 0.348. The van der Waals surface area contributed by atoms with Crippen molar-refractivity contribution in [1.82, 2.24) is 10.3 Å². The quantitative estimate of drug-likeness (QED) is 0.900. The molecule has 2 aromatic rings. The number of benzene rings is 1. The summed E-state index contributed by atoms with van der Waals surface area (Å²) < 4.78 is 26.3. The van der Waals surface area contributed by atoms with E-state index < -0.39 is 5.82 Å². The van der Waals surface area contributed by atoms with Crippen LogP contribution in [0.25, 0.3) is 0 Å². The summed E-state index contributed by atoms with van der Waals surface area (Å²) >= 11 is 1.60. The average Bonchev–Trinajstić information content (AvgIpc) is 2.87. The summed E-state index contributed by atoms with van der Waals surface area (Å²) in [5.74, 6) is -0.534. The fourth-order valence-electron chi connectivity index (χ4n) is 1.67. The van der Waals surface area contributed by atoms with Gasteiger partial charge in [-0.3, -0.25) is 0 Å². The number of rotatable bonds is 5. The number of thiazole rings is 1. The van der Waals surface area contributed by atoms with E-state index in [-0.39, 0.29) is 11.7 Å². The van der Waals surface area contributed by atoms with Gasteiger partial charge in [-0.1, -0.05) is 6.92 Å². The fraction of sp³-hybridized carbons (Fsp3) is 0.308. The smallest absolute Gasteiger partial charge is 0.127 e. The molecule has 0 saturated heterocycles. The summed E-state index contributed by atoms with van der Waals surface area (Å²) in [4.78, 5) is 4.22. The van der Waals surface area contributed by atoms with Crippen molar-refractivity contribution in [2.75, 3.05) is 6.54 Å². The predicted octanol–water partition coefficient (Wildman–Crippen LogP) is 3.31. The molecular weight excluding hydrogens is 254 g/mol. The summed E-state index contributed by atoms with van der Waals surface area (Å²) in [6.07, 6.45) is 1.77. The zero-order valence-electron chi connectivity index (χ0n) is 9.99. The van der Waals surface area contributed by atoms with Crippen LogP contribution in [-0.2, 0) is 6.54 Å².